The van der Waals surface area contributed by atoms with Gasteiger partial charge in [0.25, 0.3) is 11.5 Å². The highest BCUT2D eigenvalue weighted by Gasteiger charge is 2.33. The minimum atomic E-state index is -0.444. The monoisotopic (exact) mass is 613 g/mol. The molecule has 1 amide bonds. The number of halogens is 1. The summed E-state index contributed by atoms with van der Waals surface area (Å²) in [6.45, 7) is 5.60. The van der Waals surface area contributed by atoms with Crippen LogP contribution in [0.3, 0.4) is 0 Å². The van der Waals surface area contributed by atoms with E-state index in [-0.39, 0.29) is 17.3 Å². The zero-order valence-corrected chi connectivity index (χ0v) is 25.9. The Morgan fingerprint density at radius 2 is 1.77 bits per heavy atom. The van der Waals surface area contributed by atoms with Gasteiger partial charge in [-0.1, -0.05) is 6.92 Å². The number of carbonyl (C=O) groups is 1. The molecule has 1 fully saturated rings. The van der Waals surface area contributed by atoms with E-state index in [1.807, 2.05) is 31.2 Å². The van der Waals surface area contributed by atoms with Gasteiger partial charge in [-0.05, 0) is 91.6 Å². The SMILES string of the molecule is CCc1c(-c2cn(C)c(=O)c(Nc3ccc(N4CCOCC4)cc3)n2)cc(F)cc1N1CCc2c(sc3c2CCCC3)C1=O. The van der Waals surface area contributed by atoms with Gasteiger partial charge in [0.05, 0.1) is 29.5 Å². The molecule has 3 aliphatic rings. The van der Waals surface area contributed by atoms with Crippen LogP contribution in [-0.4, -0.2) is 48.3 Å². The number of hydrogen-bond acceptors (Lipinski definition) is 7. The van der Waals surface area contributed by atoms with Gasteiger partial charge in [-0.3, -0.25) is 9.59 Å². The van der Waals surface area contributed by atoms with Crippen molar-refractivity contribution >= 4 is 40.1 Å². The average Bonchev–Trinajstić information content (AvgIpc) is 3.43. The number of nitrogens with zero attached hydrogens (tertiary/aromatic N) is 4. The van der Waals surface area contributed by atoms with Crippen LogP contribution in [0.2, 0.25) is 0 Å². The maximum Gasteiger partial charge on any atom is 0.293 e. The van der Waals surface area contributed by atoms with Crippen LogP contribution >= 0.6 is 11.3 Å². The summed E-state index contributed by atoms with van der Waals surface area (Å²) < 4.78 is 22.3. The first-order valence-electron chi connectivity index (χ1n) is 15.5. The molecule has 10 heteroatoms. The minimum absolute atomic E-state index is 0.0480. The Bertz CT molecular complexity index is 1790. The zero-order valence-electron chi connectivity index (χ0n) is 25.1. The Labute approximate surface area is 260 Å². The lowest BCUT2D eigenvalue weighted by Gasteiger charge is -2.30. The maximum atomic E-state index is 15.4. The number of carbonyl (C=O) groups excluding carboxylic acids is 1. The topological polar surface area (TPSA) is 79.7 Å². The normalized spacial score (nSPS) is 16.6. The van der Waals surface area contributed by atoms with Gasteiger partial charge in [0.2, 0.25) is 0 Å². The molecule has 0 saturated carbocycles. The van der Waals surface area contributed by atoms with Gasteiger partial charge in [-0.25, -0.2) is 9.37 Å². The number of morpholine rings is 1. The number of thiophene rings is 1. The van der Waals surface area contributed by atoms with E-state index in [2.05, 4.69) is 10.2 Å². The number of benzene rings is 2. The fourth-order valence-electron chi connectivity index (χ4n) is 6.74. The molecular formula is C34H36FN5O3S. The molecule has 4 heterocycles. The summed E-state index contributed by atoms with van der Waals surface area (Å²) in [7, 11) is 1.67. The molecule has 1 saturated heterocycles. The predicted molar refractivity (Wildman–Crippen MR) is 173 cm³/mol. The third-order valence-corrected chi connectivity index (χ3v) is 10.3. The van der Waals surface area contributed by atoms with Crippen molar-refractivity contribution in [1.82, 2.24) is 9.55 Å². The fourth-order valence-corrected chi connectivity index (χ4v) is 8.13. The van der Waals surface area contributed by atoms with Crippen LogP contribution in [0.25, 0.3) is 11.3 Å². The van der Waals surface area contributed by atoms with Crippen LogP contribution in [-0.2, 0) is 37.5 Å². The molecule has 4 aromatic rings. The van der Waals surface area contributed by atoms with E-state index in [1.165, 1.54) is 45.5 Å². The lowest BCUT2D eigenvalue weighted by Crippen LogP contribution is -2.37. The Morgan fingerprint density at radius 1 is 1.00 bits per heavy atom. The Morgan fingerprint density at radius 3 is 2.55 bits per heavy atom. The molecule has 0 bridgehead atoms. The third kappa shape index (κ3) is 5.20. The van der Waals surface area contributed by atoms with Gasteiger partial charge in [-0.2, -0.15) is 0 Å². The van der Waals surface area contributed by atoms with E-state index in [9.17, 15) is 9.59 Å². The number of aromatic nitrogens is 2. The molecule has 2 aromatic carbocycles. The van der Waals surface area contributed by atoms with E-state index in [0.29, 0.717) is 43.1 Å². The maximum absolute atomic E-state index is 15.4. The molecule has 0 spiro atoms. The summed E-state index contributed by atoms with van der Waals surface area (Å²) in [5, 5.41) is 3.18. The van der Waals surface area contributed by atoms with Crippen molar-refractivity contribution in [2.75, 3.05) is 48.0 Å². The van der Waals surface area contributed by atoms with E-state index < -0.39 is 5.82 Å². The van der Waals surface area contributed by atoms with Crippen molar-refractivity contribution in [2.24, 2.45) is 7.05 Å². The third-order valence-electron chi connectivity index (χ3n) is 8.99. The molecule has 1 aliphatic carbocycles. The number of anilines is 4. The number of amides is 1. The number of ether oxygens (including phenoxy) is 1. The molecular weight excluding hydrogens is 577 g/mol. The summed E-state index contributed by atoms with van der Waals surface area (Å²) in [6, 6.07) is 10.8. The predicted octanol–water partition coefficient (Wildman–Crippen LogP) is 5.87. The first kappa shape index (κ1) is 28.7. The van der Waals surface area contributed by atoms with Gasteiger partial charge in [0, 0.05) is 54.7 Å². The van der Waals surface area contributed by atoms with E-state index in [0.717, 1.165) is 54.2 Å². The molecule has 7 rings (SSSR count). The van der Waals surface area contributed by atoms with Crippen molar-refractivity contribution in [2.45, 2.75) is 45.4 Å². The summed E-state index contributed by atoms with van der Waals surface area (Å²) >= 11 is 1.63. The lowest BCUT2D eigenvalue weighted by atomic mass is 9.91. The number of rotatable bonds is 6. The van der Waals surface area contributed by atoms with Crippen molar-refractivity contribution in [3.8, 4) is 11.3 Å². The zero-order chi connectivity index (χ0) is 30.4. The van der Waals surface area contributed by atoms with Gasteiger partial charge < -0.3 is 24.4 Å². The second-order valence-electron chi connectivity index (χ2n) is 11.7. The van der Waals surface area contributed by atoms with Crippen LogP contribution in [0, 0.1) is 5.82 Å². The molecule has 0 atom stereocenters. The van der Waals surface area contributed by atoms with Gasteiger partial charge in [-0.15, -0.1) is 11.3 Å². The van der Waals surface area contributed by atoms with Crippen molar-refractivity contribution in [3.05, 3.63) is 85.2 Å². The lowest BCUT2D eigenvalue weighted by molar-refractivity contribution is 0.0984. The van der Waals surface area contributed by atoms with E-state index >= 15 is 4.39 Å². The number of fused-ring (bicyclic) bond motifs is 3. The fraction of sp³-hybridized carbons (Fsp3) is 0.382. The summed E-state index contributed by atoms with van der Waals surface area (Å²) in [4.78, 5) is 37.9. The molecule has 2 aromatic heterocycles. The Balaban J connectivity index is 1.22. The van der Waals surface area contributed by atoms with Crippen molar-refractivity contribution < 1.29 is 13.9 Å². The standard InChI is InChI=1S/C34H36FN5O3S/c1-3-24-27(18-21(35)19-29(24)40-13-12-26-25-6-4-5-7-30(25)44-31(26)33(40)41)28-20-38(2)34(42)32(37-28)36-22-8-10-23(11-9-22)39-14-16-43-17-15-39/h8-11,18-20H,3-7,12-17H2,1-2H3,(H,36,37). The van der Waals surface area contributed by atoms with Crippen LogP contribution in [0.1, 0.15) is 51.0 Å². The molecule has 2 aliphatic heterocycles. The van der Waals surface area contributed by atoms with Crippen molar-refractivity contribution in [3.63, 3.8) is 0 Å². The molecule has 0 unspecified atom stereocenters. The van der Waals surface area contributed by atoms with E-state index in [1.54, 1.807) is 29.5 Å². The first-order chi connectivity index (χ1) is 21.4. The number of aryl methyl sites for hydroxylation is 2. The van der Waals surface area contributed by atoms with Crippen molar-refractivity contribution in [1.29, 1.82) is 0 Å². The van der Waals surface area contributed by atoms with Crippen LogP contribution < -0.4 is 20.7 Å². The first-order valence-corrected chi connectivity index (χ1v) is 16.3. The van der Waals surface area contributed by atoms with E-state index in [4.69, 9.17) is 9.72 Å². The summed E-state index contributed by atoms with van der Waals surface area (Å²) in [5.41, 5.74) is 6.56. The second-order valence-corrected chi connectivity index (χ2v) is 12.8. The van der Waals surface area contributed by atoms with Gasteiger partial charge >= 0.3 is 0 Å². The number of hydrogen-bond donors (Lipinski definition) is 1. The highest BCUT2D eigenvalue weighted by molar-refractivity contribution is 7.14. The second kappa shape index (κ2) is 11.8. The summed E-state index contributed by atoms with van der Waals surface area (Å²) in [5.74, 6) is -0.340. The molecule has 228 valence electrons. The number of nitrogens with one attached hydrogen (secondary N) is 1. The smallest absolute Gasteiger partial charge is 0.293 e. The summed E-state index contributed by atoms with van der Waals surface area (Å²) in [6.07, 6.45) is 7.40. The molecule has 8 nitrogen and oxygen atoms in total. The van der Waals surface area contributed by atoms with Gasteiger partial charge in [0.15, 0.2) is 5.82 Å². The van der Waals surface area contributed by atoms with Crippen LogP contribution in [0.15, 0.2) is 47.4 Å². The Hall–Kier alpha value is -4.02. The molecule has 0 radical (unpaired) electrons. The molecule has 44 heavy (non-hydrogen) atoms. The van der Waals surface area contributed by atoms with Gasteiger partial charge in [0.1, 0.15) is 5.82 Å². The van der Waals surface area contributed by atoms with Crippen LogP contribution in [0.5, 0.6) is 0 Å². The van der Waals surface area contributed by atoms with Crippen LogP contribution in [0.4, 0.5) is 27.3 Å². The highest BCUT2D eigenvalue weighted by atomic mass is 32.1. The Kier molecular flexibility index (Phi) is 7.72. The highest BCUT2D eigenvalue weighted by Crippen LogP contribution is 2.40. The average molecular weight is 614 g/mol. The largest absolute Gasteiger partial charge is 0.378 e. The molecule has 1 N–H and O–H groups in total. The quantitative estimate of drug-likeness (QED) is 0.293. The minimum Gasteiger partial charge on any atom is -0.378 e.